The topological polar surface area (TPSA) is 97.9 Å². The fraction of sp³-hybridized carbons (Fsp3) is 0.375. The Morgan fingerprint density at radius 3 is 2.75 bits per heavy atom. The molecule has 4 heterocycles. The molecule has 0 saturated carbocycles. The van der Waals surface area contributed by atoms with Crippen molar-refractivity contribution in [2.75, 3.05) is 13.1 Å². The van der Waals surface area contributed by atoms with Crippen molar-refractivity contribution in [2.24, 2.45) is 0 Å². The van der Waals surface area contributed by atoms with Gasteiger partial charge in [-0.1, -0.05) is 0 Å². The van der Waals surface area contributed by atoms with E-state index in [-0.39, 0.29) is 12.1 Å². The van der Waals surface area contributed by atoms with E-state index in [0.29, 0.717) is 23.9 Å². The molecule has 124 valence electrons. The molecule has 3 aromatic rings. The molecule has 0 radical (unpaired) electrons. The second kappa shape index (κ2) is 5.81. The van der Waals surface area contributed by atoms with Crippen LogP contribution in [0.2, 0.25) is 0 Å². The number of pyridine rings is 1. The molecule has 0 aliphatic carbocycles. The van der Waals surface area contributed by atoms with Crippen LogP contribution in [-0.2, 0) is 6.54 Å². The van der Waals surface area contributed by atoms with E-state index in [1.165, 1.54) is 17.1 Å². The number of hydrogen-bond acceptors (Lipinski definition) is 6. The van der Waals surface area contributed by atoms with Crippen molar-refractivity contribution in [3.63, 3.8) is 0 Å². The number of piperidine rings is 1. The number of rotatable bonds is 3. The van der Waals surface area contributed by atoms with Crippen molar-refractivity contribution in [3.8, 4) is 5.69 Å². The van der Waals surface area contributed by atoms with Gasteiger partial charge in [-0.2, -0.15) is 5.10 Å². The molecule has 0 spiro atoms. The molecule has 0 amide bonds. The first-order chi connectivity index (χ1) is 11.7. The molecule has 2 N–H and O–H groups in total. The van der Waals surface area contributed by atoms with Crippen molar-refractivity contribution in [1.29, 1.82) is 0 Å². The minimum absolute atomic E-state index is 0.188. The van der Waals surface area contributed by atoms with Gasteiger partial charge in [0.25, 0.3) is 5.56 Å². The van der Waals surface area contributed by atoms with Crippen molar-refractivity contribution in [2.45, 2.75) is 25.0 Å². The third kappa shape index (κ3) is 2.59. The second-order valence-corrected chi connectivity index (χ2v) is 6.15. The SMILES string of the molecule is O=c1c2cnn(-c3ccncc3)c2ncn1CC1(O)CCNCC1. The lowest BCUT2D eigenvalue weighted by molar-refractivity contribution is -0.00627. The minimum atomic E-state index is -0.870. The highest BCUT2D eigenvalue weighted by molar-refractivity contribution is 5.74. The molecule has 0 atom stereocenters. The number of nitrogens with zero attached hydrogens (tertiary/aromatic N) is 5. The van der Waals surface area contributed by atoms with Gasteiger partial charge in [0, 0.05) is 12.4 Å². The van der Waals surface area contributed by atoms with E-state index in [2.05, 4.69) is 20.4 Å². The summed E-state index contributed by atoms with van der Waals surface area (Å²) in [6.07, 6.45) is 7.58. The van der Waals surface area contributed by atoms with E-state index in [4.69, 9.17) is 0 Å². The molecule has 1 saturated heterocycles. The van der Waals surface area contributed by atoms with Crippen LogP contribution >= 0.6 is 0 Å². The largest absolute Gasteiger partial charge is 0.388 e. The number of fused-ring (bicyclic) bond motifs is 1. The zero-order chi connectivity index (χ0) is 16.6. The van der Waals surface area contributed by atoms with Crippen LogP contribution in [0, 0.1) is 0 Å². The van der Waals surface area contributed by atoms with Gasteiger partial charge in [-0.25, -0.2) is 9.67 Å². The normalized spacial score (nSPS) is 17.2. The number of aromatic nitrogens is 5. The van der Waals surface area contributed by atoms with Crippen LogP contribution in [-0.4, -0.2) is 48.1 Å². The molecular formula is C16H18N6O2. The molecule has 24 heavy (non-hydrogen) atoms. The molecule has 3 aromatic heterocycles. The van der Waals surface area contributed by atoms with Gasteiger partial charge in [0.15, 0.2) is 5.65 Å². The van der Waals surface area contributed by atoms with Crippen LogP contribution in [0.3, 0.4) is 0 Å². The van der Waals surface area contributed by atoms with Gasteiger partial charge >= 0.3 is 0 Å². The zero-order valence-electron chi connectivity index (χ0n) is 13.1. The highest BCUT2D eigenvalue weighted by Crippen LogP contribution is 2.20. The smallest absolute Gasteiger partial charge is 0.264 e. The fourth-order valence-electron chi connectivity index (χ4n) is 3.10. The molecule has 8 heteroatoms. The Balaban J connectivity index is 1.73. The fourth-order valence-corrected chi connectivity index (χ4v) is 3.10. The number of hydrogen-bond donors (Lipinski definition) is 2. The molecule has 0 unspecified atom stereocenters. The van der Waals surface area contributed by atoms with Crippen LogP contribution in [0.25, 0.3) is 16.7 Å². The predicted octanol–water partition coefficient (Wildman–Crippen LogP) is 0.0917. The Morgan fingerprint density at radius 2 is 2.00 bits per heavy atom. The van der Waals surface area contributed by atoms with Crippen LogP contribution in [0.4, 0.5) is 0 Å². The summed E-state index contributed by atoms with van der Waals surface area (Å²) in [4.78, 5) is 21.1. The number of nitrogens with one attached hydrogen (secondary N) is 1. The van der Waals surface area contributed by atoms with Crippen LogP contribution in [0.15, 0.2) is 41.8 Å². The summed E-state index contributed by atoms with van der Waals surface area (Å²) >= 11 is 0. The summed E-state index contributed by atoms with van der Waals surface area (Å²) in [6.45, 7) is 1.75. The quantitative estimate of drug-likeness (QED) is 0.708. The van der Waals surface area contributed by atoms with Gasteiger partial charge in [0.05, 0.1) is 24.0 Å². The minimum Gasteiger partial charge on any atom is -0.388 e. The monoisotopic (exact) mass is 326 g/mol. The van der Waals surface area contributed by atoms with Gasteiger partial charge < -0.3 is 10.4 Å². The first kappa shape index (κ1) is 15.0. The summed E-state index contributed by atoms with van der Waals surface area (Å²) in [5.41, 5.74) is 0.236. The molecule has 8 nitrogen and oxygen atoms in total. The summed E-state index contributed by atoms with van der Waals surface area (Å²) in [5.74, 6) is 0. The standard InChI is InChI=1S/C16H18N6O2/c23-15-13-9-20-22(12-1-5-17-6-2-12)14(13)19-11-21(15)10-16(24)3-7-18-8-4-16/h1-2,5-6,9,11,18,24H,3-4,7-8,10H2. The first-order valence-electron chi connectivity index (χ1n) is 7.93. The Kier molecular flexibility index (Phi) is 3.62. The van der Waals surface area contributed by atoms with Crippen LogP contribution < -0.4 is 10.9 Å². The van der Waals surface area contributed by atoms with Gasteiger partial charge in [-0.15, -0.1) is 0 Å². The summed E-state index contributed by atoms with van der Waals surface area (Å²) in [6, 6.07) is 3.61. The van der Waals surface area contributed by atoms with E-state index in [1.54, 1.807) is 29.2 Å². The third-order valence-electron chi connectivity index (χ3n) is 4.46. The maximum atomic E-state index is 12.7. The maximum absolute atomic E-state index is 12.7. The average molecular weight is 326 g/mol. The van der Waals surface area contributed by atoms with Gasteiger partial charge in [-0.05, 0) is 38.1 Å². The van der Waals surface area contributed by atoms with E-state index in [1.807, 2.05) is 0 Å². The Morgan fingerprint density at radius 1 is 1.25 bits per heavy atom. The third-order valence-corrected chi connectivity index (χ3v) is 4.46. The highest BCUT2D eigenvalue weighted by Gasteiger charge is 2.30. The molecule has 0 bridgehead atoms. The summed E-state index contributed by atoms with van der Waals surface area (Å²) in [5, 5.41) is 18.6. The molecule has 1 aliphatic heterocycles. The van der Waals surface area contributed by atoms with Crippen LogP contribution in [0.1, 0.15) is 12.8 Å². The van der Waals surface area contributed by atoms with E-state index >= 15 is 0 Å². The van der Waals surface area contributed by atoms with Crippen molar-refractivity contribution >= 4 is 11.0 Å². The molecule has 1 fully saturated rings. The predicted molar refractivity (Wildman–Crippen MR) is 88.0 cm³/mol. The van der Waals surface area contributed by atoms with Gasteiger partial charge in [0.2, 0.25) is 0 Å². The average Bonchev–Trinajstić information content (AvgIpc) is 3.03. The highest BCUT2D eigenvalue weighted by atomic mass is 16.3. The Hall–Kier alpha value is -2.58. The molecule has 1 aliphatic rings. The van der Waals surface area contributed by atoms with Crippen LogP contribution in [0.5, 0.6) is 0 Å². The number of aliphatic hydroxyl groups is 1. The van der Waals surface area contributed by atoms with E-state index in [0.717, 1.165) is 18.8 Å². The van der Waals surface area contributed by atoms with E-state index in [9.17, 15) is 9.90 Å². The van der Waals surface area contributed by atoms with E-state index < -0.39 is 5.60 Å². The lowest BCUT2D eigenvalue weighted by Gasteiger charge is -2.32. The molecular weight excluding hydrogens is 308 g/mol. The van der Waals surface area contributed by atoms with Crippen molar-refractivity contribution < 1.29 is 5.11 Å². The van der Waals surface area contributed by atoms with Crippen molar-refractivity contribution in [1.82, 2.24) is 29.6 Å². The van der Waals surface area contributed by atoms with Crippen molar-refractivity contribution in [3.05, 3.63) is 47.4 Å². The Labute approximate surface area is 137 Å². The molecule has 4 rings (SSSR count). The summed E-state index contributed by atoms with van der Waals surface area (Å²) in [7, 11) is 0. The first-order valence-corrected chi connectivity index (χ1v) is 7.93. The zero-order valence-corrected chi connectivity index (χ0v) is 13.1. The Bertz CT molecular complexity index is 911. The maximum Gasteiger partial charge on any atom is 0.264 e. The lowest BCUT2D eigenvalue weighted by Crippen LogP contribution is -2.46. The summed E-state index contributed by atoms with van der Waals surface area (Å²) < 4.78 is 3.09. The second-order valence-electron chi connectivity index (χ2n) is 6.15. The van der Waals surface area contributed by atoms with Gasteiger partial charge in [-0.3, -0.25) is 14.3 Å². The lowest BCUT2D eigenvalue weighted by atomic mass is 9.92. The van der Waals surface area contributed by atoms with Gasteiger partial charge in [0.1, 0.15) is 11.7 Å². The molecule has 0 aromatic carbocycles.